The van der Waals surface area contributed by atoms with E-state index in [-0.39, 0.29) is 11.9 Å². The second kappa shape index (κ2) is 5.29. The quantitative estimate of drug-likeness (QED) is 0.849. The van der Waals surface area contributed by atoms with Gasteiger partial charge in [0.1, 0.15) is 0 Å². The molecule has 2 rings (SSSR count). The molecule has 1 fully saturated rings. The van der Waals surface area contributed by atoms with E-state index >= 15 is 0 Å². The number of piperidine rings is 1. The number of carbonyl (C=O) groups is 1. The van der Waals surface area contributed by atoms with Crippen LogP contribution in [0.2, 0.25) is 5.02 Å². The number of benzene rings is 1. The van der Waals surface area contributed by atoms with E-state index in [9.17, 15) is 4.79 Å². The van der Waals surface area contributed by atoms with Gasteiger partial charge in [0, 0.05) is 29.7 Å². The molecule has 1 heterocycles. The lowest BCUT2D eigenvalue weighted by Crippen LogP contribution is -2.48. The minimum atomic E-state index is 0.0302. The van der Waals surface area contributed by atoms with E-state index in [0.29, 0.717) is 23.0 Å². The van der Waals surface area contributed by atoms with Crippen LogP contribution in [0.25, 0.3) is 0 Å². The Labute approximate surface area is 113 Å². The molecular formula is C14H19ClN2O. The Morgan fingerprint density at radius 1 is 1.39 bits per heavy atom. The van der Waals surface area contributed by atoms with Crippen LogP contribution in [0.15, 0.2) is 18.2 Å². The molecule has 3 nitrogen and oxygen atoms in total. The first kappa shape index (κ1) is 13.4. The maximum atomic E-state index is 12.4. The zero-order valence-corrected chi connectivity index (χ0v) is 11.6. The summed E-state index contributed by atoms with van der Waals surface area (Å²) in [5.41, 5.74) is 7.63. The van der Waals surface area contributed by atoms with Crippen molar-refractivity contribution in [1.82, 2.24) is 4.90 Å². The molecule has 1 aromatic rings. The van der Waals surface area contributed by atoms with Crippen molar-refractivity contribution < 1.29 is 4.79 Å². The minimum Gasteiger partial charge on any atom is -0.337 e. The highest BCUT2D eigenvalue weighted by atomic mass is 35.5. The van der Waals surface area contributed by atoms with Crippen LogP contribution in [-0.4, -0.2) is 29.9 Å². The van der Waals surface area contributed by atoms with Crippen molar-refractivity contribution in [3.8, 4) is 0 Å². The third kappa shape index (κ3) is 3.03. The van der Waals surface area contributed by atoms with Crippen molar-refractivity contribution in [2.75, 3.05) is 13.1 Å². The van der Waals surface area contributed by atoms with Crippen molar-refractivity contribution in [2.45, 2.75) is 26.3 Å². The number of amides is 1. The molecule has 0 saturated carbocycles. The summed E-state index contributed by atoms with van der Waals surface area (Å²) in [6.45, 7) is 5.47. The molecule has 1 aliphatic heterocycles. The second-order valence-corrected chi connectivity index (χ2v) is 5.76. The van der Waals surface area contributed by atoms with E-state index in [2.05, 4.69) is 6.92 Å². The molecule has 0 spiro atoms. The average molecular weight is 267 g/mol. The summed E-state index contributed by atoms with van der Waals surface area (Å²) in [5, 5.41) is 0.604. The number of hydrogen-bond donors (Lipinski definition) is 1. The van der Waals surface area contributed by atoms with Crippen molar-refractivity contribution in [3.05, 3.63) is 34.3 Å². The topological polar surface area (TPSA) is 46.3 Å². The highest BCUT2D eigenvalue weighted by molar-refractivity contribution is 6.31. The Morgan fingerprint density at radius 2 is 2.11 bits per heavy atom. The maximum absolute atomic E-state index is 12.4. The molecule has 98 valence electrons. The molecular weight excluding hydrogens is 248 g/mol. The van der Waals surface area contributed by atoms with Gasteiger partial charge in [-0.2, -0.15) is 0 Å². The molecule has 2 N–H and O–H groups in total. The van der Waals surface area contributed by atoms with Crippen molar-refractivity contribution in [1.29, 1.82) is 0 Å². The standard InChI is InChI=1S/C14H19ClN2O/c1-9-3-11(6-12(15)4-9)14(18)17-7-10(2)5-13(16)8-17/h3-4,6,10,13H,5,7-8,16H2,1-2H3. The Morgan fingerprint density at radius 3 is 2.72 bits per heavy atom. The fourth-order valence-corrected chi connectivity index (χ4v) is 2.90. The van der Waals surface area contributed by atoms with E-state index in [4.69, 9.17) is 17.3 Å². The number of likely N-dealkylation sites (tertiary alicyclic amines) is 1. The van der Waals surface area contributed by atoms with E-state index in [0.717, 1.165) is 18.5 Å². The summed E-state index contributed by atoms with van der Waals surface area (Å²) in [6, 6.07) is 5.53. The zero-order valence-electron chi connectivity index (χ0n) is 10.8. The Bertz CT molecular complexity index is 431. The Kier molecular flexibility index (Phi) is 3.93. The van der Waals surface area contributed by atoms with Gasteiger partial charge in [-0.15, -0.1) is 0 Å². The predicted molar refractivity (Wildman–Crippen MR) is 73.8 cm³/mol. The average Bonchev–Trinajstić information content (AvgIpc) is 2.25. The summed E-state index contributed by atoms with van der Waals surface area (Å²) in [7, 11) is 0. The Hall–Kier alpha value is -1.06. The first-order chi connectivity index (χ1) is 8.45. The van der Waals surface area contributed by atoms with Gasteiger partial charge in [0.2, 0.25) is 0 Å². The predicted octanol–water partition coefficient (Wildman–Crippen LogP) is 2.46. The number of hydrogen-bond acceptors (Lipinski definition) is 2. The van der Waals surface area contributed by atoms with E-state index < -0.39 is 0 Å². The van der Waals surface area contributed by atoms with Crippen LogP contribution in [0.5, 0.6) is 0 Å². The molecule has 1 saturated heterocycles. The second-order valence-electron chi connectivity index (χ2n) is 5.33. The molecule has 0 aliphatic carbocycles. The maximum Gasteiger partial charge on any atom is 0.253 e. The van der Waals surface area contributed by atoms with Gasteiger partial charge in [0.15, 0.2) is 0 Å². The SMILES string of the molecule is Cc1cc(Cl)cc(C(=O)N2CC(C)CC(N)C2)c1. The van der Waals surface area contributed by atoms with E-state index in [1.165, 1.54) is 0 Å². The summed E-state index contributed by atoms with van der Waals surface area (Å²) >= 11 is 6.00. The molecule has 2 atom stereocenters. The van der Waals surface area contributed by atoms with Crippen molar-refractivity contribution in [3.63, 3.8) is 0 Å². The van der Waals surface area contributed by atoms with Crippen LogP contribution in [0, 0.1) is 12.8 Å². The lowest BCUT2D eigenvalue weighted by molar-refractivity contribution is 0.0661. The number of rotatable bonds is 1. The first-order valence-electron chi connectivity index (χ1n) is 6.27. The van der Waals surface area contributed by atoms with Gasteiger partial charge in [-0.05, 0) is 43.0 Å². The molecule has 1 amide bonds. The molecule has 4 heteroatoms. The lowest BCUT2D eigenvalue weighted by atomic mass is 9.96. The van der Waals surface area contributed by atoms with Gasteiger partial charge in [-0.3, -0.25) is 4.79 Å². The monoisotopic (exact) mass is 266 g/mol. The summed E-state index contributed by atoms with van der Waals surface area (Å²) < 4.78 is 0. The smallest absolute Gasteiger partial charge is 0.253 e. The van der Waals surface area contributed by atoms with Crippen LogP contribution in [0.3, 0.4) is 0 Å². The van der Waals surface area contributed by atoms with Crippen LogP contribution < -0.4 is 5.73 Å². The van der Waals surface area contributed by atoms with Gasteiger partial charge in [0.25, 0.3) is 5.91 Å². The van der Waals surface area contributed by atoms with Crippen molar-refractivity contribution >= 4 is 17.5 Å². The fourth-order valence-electron chi connectivity index (χ4n) is 2.61. The lowest BCUT2D eigenvalue weighted by Gasteiger charge is -2.34. The number of nitrogens with two attached hydrogens (primary N) is 1. The molecule has 0 bridgehead atoms. The van der Waals surface area contributed by atoms with Gasteiger partial charge < -0.3 is 10.6 Å². The van der Waals surface area contributed by atoms with Crippen LogP contribution in [0.4, 0.5) is 0 Å². The number of carbonyl (C=O) groups excluding carboxylic acids is 1. The van der Waals surface area contributed by atoms with Crippen LogP contribution in [-0.2, 0) is 0 Å². The molecule has 2 unspecified atom stereocenters. The first-order valence-corrected chi connectivity index (χ1v) is 6.65. The minimum absolute atomic E-state index is 0.0302. The molecule has 0 radical (unpaired) electrons. The van der Waals surface area contributed by atoms with Gasteiger partial charge in [-0.25, -0.2) is 0 Å². The fraction of sp³-hybridized carbons (Fsp3) is 0.500. The highest BCUT2D eigenvalue weighted by Gasteiger charge is 2.26. The third-order valence-corrected chi connectivity index (χ3v) is 3.49. The Balaban J connectivity index is 2.20. The molecule has 1 aromatic carbocycles. The summed E-state index contributed by atoms with van der Waals surface area (Å²) in [6.07, 6.45) is 0.984. The van der Waals surface area contributed by atoms with Gasteiger partial charge in [-0.1, -0.05) is 18.5 Å². The summed E-state index contributed by atoms with van der Waals surface area (Å²) in [4.78, 5) is 14.2. The number of aryl methyl sites for hydroxylation is 1. The number of nitrogens with zero attached hydrogens (tertiary/aromatic N) is 1. The largest absolute Gasteiger partial charge is 0.337 e. The molecule has 0 aromatic heterocycles. The third-order valence-electron chi connectivity index (χ3n) is 3.27. The summed E-state index contributed by atoms with van der Waals surface area (Å²) in [5.74, 6) is 0.487. The van der Waals surface area contributed by atoms with Gasteiger partial charge >= 0.3 is 0 Å². The highest BCUT2D eigenvalue weighted by Crippen LogP contribution is 2.20. The van der Waals surface area contributed by atoms with E-state index in [1.54, 1.807) is 6.07 Å². The molecule has 1 aliphatic rings. The van der Waals surface area contributed by atoms with Crippen molar-refractivity contribution in [2.24, 2.45) is 11.7 Å². The van der Waals surface area contributed by atoms with E-state index in [1.807, 2.05) is 24.0 Å². The zero-order chi connectivity index (χ0) is 13.3. The van der Waals surface area contributed by atoms with Crippen LogP contribution in [0.1, 0.15) is 29.3 Å². The van der Waals surface area contributed by atoms with Crippen LogP contribution >= 0.6 is 11.6 Å². The number of halogens is 1. The van der Waals surface area contributed by atoms with Gasteiger partial charge in [0.05, 0.1) is 0 Å². The normalized spacial score (nSPS) is 24.1. The molecule has 18 heavy (non-hydrogen) atoms.